The second kappa shape index (κ2) is 17.5. The highest BCUT2D eigenvalue weighted by Gasteiger charge is 2.51. The Morgan fingerprint density at radius 1 is 0.433 bits per heavy atom. The van der Waals surface area contributed by atoms with Gasteiger partial charge in [-0.1, -0.05) is 130 Å². The second-order valence-corrected chi connectivity index (χ2v) is 9.80. The summed E-state index contributed by atoms with van der Waals surface area (Å²) in [5.74, 6) is 0. The lowest BCUT2D eigenvalue weighted by Gasteiger charge is -2.52. The lowest BCUT2D eigenvalue weighted by Crippen LogP contribution is -2.60. The van der Waals surface area contributed by atoms with Crippen LogP contribution in [-0.4, -0.2) is 24.4 Å². The first-order chi connectivity index (χ1) is 14.7. The molecule has 0 aromatic rings. The van der Waals surface area contributed by atoms with Gasteiger partial charge in [-0.25, -0.2) is 0 Å². The standard InChI is InChI=1S/C28H56O2/c1-5-9-10-11-12-13-14-15-16-17-18-19-20-21-22-23-24-28(8-4)27(6-2,7-3)29-25-26-30-28/h5-26H2,1-4H3. The van der Waals surface area contributed by atoms with Gasteiger partial charge in [-0.3, -0.25) is 0 Å². The maximum atomic E-state index is 6.41. The van der Waals surface area contributed by atoms with E-state index in [1.165, 1.54) is 109 Å². The molecule has 2 heteroatoms. The highest BCUT2D eigenvalue weighted by atomic mass is 16.6. The van der Waals surface area contributed by atoms with Crippen LogP contribution in [0.4, 0.5) is 0 Å². The molecule has 30 heavy (non-hydrogen) atoms. The van der Waals surface area contributed by atoms with Gasteiger partial charge >= 0.3 is 0 Å². The number of hydrogen-bond donors (Lipinski definition) is 0. The summed E-state index contributed by atoms with van der Waals surface area (Å²) >= 11 is 0. The molecule has 180 valence electrons. The SMILES string of the molecule is CCCCCCCCCCCCCCCCCCC1(CC)OCCOC1(CC)CC. The van der Waals surface area contributed by atoms with Gasteiger partial charge in [-0.05, 0) is 25.7 Å². The highest BCUT2D eigenvalue weighted by Crippen LogP contribution is 2.44. The third-order valence-corrected chi connectivity index (χ3v) is 7.82. The van der Waals surface area contributed by atoms with Gasteiger partial charge in [0.15, 0.2) is 0 Å². The average molecular weight is 425 g/mol. The van der Waals surface area contributed by atoms with Crippen LogP contribution in [-0.2, 0) is 9.47 Å². The second-order valence-electron chi connectivity index (χ2n) is 9.80. The van der Waals surface area contributed by atoms with Crippen molar-refractivity contribution in [3.05, 3.63) is 0 Å². The molecule has 1 fully saturated rings. The smallest absolute Gasteiger partial charge is 0.0969 e. The van der Waals surface area contributed by atoms with Gasteiger partial charge in [0, 0.05) is 0 Å². The fourth-order valence-corrected chi connectivity index (χ4v) is 5.70. The van der Waals surface area contributed by atoms with E-state index in [0.717, 1.165) is 32.5 Å². The largest absolute Gasteiger partial charge is 0.370 e. The van der Waals surface area contributed by atoms with E-state index in [4.69, 9.17) is 9.47 Å². The third kappa shape index (κ3) is 9.60. The first-order valence-corrected chi connectivity index (χ1v) is 14.0. The Hall–Kier alpha value is -0.0800. The van der Waals surface area contributed by atoms with Crippen molar-refractivity contribution in [2.24, 2.45) is 0 Å². The van der Waals surface area contributed by atoms with Crippen molar-refractivity contribution < 1.29 is 9.47 Å². The number of hydrogen-bond acceptors (Lipinski definition) is 2. The van der Waals surface area contributed by atoms with Gasteiger partial charge in [0.25, 0.3) is 0 Å². The molecule has 0 aromatic carbocycles. The van der Waals surface area contributed by atoms with Crippen LogP contribution in [0, 0.1) is 0 Å². The van der Waals surface area contributed by atoms with Crippen LogP contribution in [0.25, 0.3) is 0 Å². The molecule has 1 unspecified atom stereocenters. The fourth-order valence-electron chi connectivity index (χ4n) is 5.70. The van der Waals surface area contributed by atoms with Gasteiger partial charge in [0.05, 0.1) is 24.4 Å². The molecule has 1 heterocycles. The Labute approximate surface area is 190 Å². The zero-order chi connectivity index (χ0) is 22.0. The monoisotopic (exact) mass is 424 g/mol. The quantitative estimate of drug-likeness (QED) is 0.181. The summed E-state index contributed by atoms with van der Waals surface area (Å²) in [6.07, 6.45) is 27.2. The van der Waals surface area contributed by atoms with Crippen molar-refractivity contribution >= 4 is 0 Å². The predicted octanol–water partition coefficient (Wildman–Crippen LogP) is 9.39. The van der Waals surface area contributed by atoms with Crippen molar-refractivity contribution in [2.45, 2.75) is 167 Å². The van der Waals surface area contributed by atoms with Crippen LogP contribution in [0.5, 0.6) is 0 Å². The van der Waals surface area contributed by atoms with E-state index in [1.807, 2.05) is 0 Å². The molecule has 0 aromatic heterocycles. The van der Waals surface area contributed by atoms with E-state index >= 15 is 0 Å². The topological polar surface area (TPSA) is 18.5 Å². The summed E-state index contributed by atoms with van der Waals surface area (Å²) in [5.41, 5.74) is -0.111. The minimum absolute atomic E-state index is 0.0508. The Kier molecular flexibility index (Phi) is 16.3. The first-order valence-electron chi connectivity index (χ1n) is 14.0. The molecule has 0 aliphatic carbocycles. The summed E-state index contributed by atoms with van der Waals surface area (Å²) in [6.45, 7) is 10.7. The zero-order valence-corrected chi connectivity index (χ0v) is 21.4. The van der Waals surface area contributed by atoms with E-state index in [2.05, 4.69) is 27.7 Å². The van der Waals surface area contributed by atoms with E-state index in [0.29, 0.717) is 0 Å². The molecule has 2 nitrogen and oxygen atoms in total. The molecule has 0 bridgehead atoms. The Bertz CT molecular complexity index is 377. The van der Waals surface area contributed by atoms with E-state index in [9.17, 15) is 0 Å². The highest BCUT2D eigenvalue weighted by molar-refractivity contribution is 5.02. The maximum Gasteiger partial charge on any atom is 0.0969 e. The fraction of sp³-hybridized carbons (Fsp3) is 1.00. The van der Waals surface area contributed by atoms with E-state index in [-0.39, 0.29) is 11.2 Å². The summed E-state index contributed by atoms with van der Waals surface area (Å²) in [4.78, 5) is 0. The van der Waals surface area contributed by atoms with Crippen LogP contribution in [0.15, 0.2) is 0 Å². The Morgan fingerprint density at radius 2 is 0.767 bits per heavy atom. The minimum atomic E-state index is -0.0600. The van der Waals surface area contributed by atoms with Crippen molar-refractivity contribution in [1.29, 1.82) is 0 Å². The summed E-state index contributed by atoms with van der Waals surface area (Å²) in [5, 5.41) is 0. The molecule has 0 N–H and O–H groups in total. The van der Waals surface area contributed by atoms with Crippen molar-refractivity contribution in [1.82, 2.24) is 0 Å². The van der Waals surface area contributed by atoms with Crippen LogP contribution in [0.1, 0.15) is 156 Å². The molecular weight excluding hydrogens is 368 g/mol. The molecule has 0 spiro atoms. The van der Waals surface area contributed by atoms with Crippen LogP contribution >= 0.6 is 0 Å². The van der Waals surface area contributed by atoms with Gasteiger partial charge < -0.3 is 9.47 Å². The lowest BCUT2D eigenvalue weighted by atomic mass is 9.73. The van der Waals surface area contributed by atoms with Crippen molar-refractivity contribution in [3.63, 3.8) is 0 Å². The minimum Gasteiger partial charge on any atom is -0.370 e. The third-order valence-electron chi connectivity index (χ3n) is 7.82. The molecule has 0 radical (unpaired) electrons. The van der Waals surface area contributed by atoms with Crippen LogP contribution < -0.4 is 0 Å². The summed E-state index contributed by atoms with van der Waals surface area (Å²) < 4.78 is 12.7. The summed E-state index contributed by atoms with van der Waals surface area (Å²) in [6, 6.07) is 0. The van der Waals surface area contributed by atoms with Gasteiger partial charge in [-0.15, -0.1) is 0 Å². The van der Waals surface area contributed by atoms with Gasteiger partial charge in [-0.2, -0.15) is 0 Å². The molecule has 1 aliphatic heterocycles. The molecule has 1 aliphatic rings. The van der Waals surface area contributed by atoms with Crippen LogP contribution in [0.2, 0.25) is 0 Å². The zero-order valence-electron chi connectivity index (χ0n) is 21.4. The average Bonchev–Trinajstić information content (AvgIpc) is 2.79. The van der Waals surface area contributed by atoms with Crippen molar-refractivity contribution in [2.75, 3.05) is 13.2 Å². The first kappa shape index (κ1) is 28.0. The molecule has 1 atom stereocenters. The van der Waals surface area contributed by atoms with E-state index < -0.39 is 0 Å². The molecule has 1 rings (SSSR count). The number of unbranched alkanes of at least 4 members (excludes halogenated alkanes) is 15. The maximum absolute atomic E-state index is 6.41. The molecule has 0 saturated carbocycles. The van der Waals surface area contributed by atoms with Gasteiger partial charge in [0.2, 0.25) is 0 Å². The van der Waals surface area contributed by atoms with Gasteiger partial charge in [0.1, 0.15) is 0 Å². The summed E-state index contributed by atoms with van der Waals surface area (Å²) in [7, 11) is 0. The number of ether oxygens (including phenoxy) is 2. The molecule has 1 saturated heterocycles. The number of rotatable bonds is 20. The predicted molar refractivity (Wildman–Crippen MR) is 132 cm³/mol. The lowest BCUT2D eigenvalue weighted by molar-refractivity contribution is -0.267. The normalized spacial score (nSPS) is 21.2. The van der Waals surface area contributed by atoms with E-state index in [1.54, 1.807) is 0 Å². The van der Waals surface area contributed by atoms with Crippen LogP contribution in [0.3, 0.4) is 0 Å². The van der Waals surface area contributed by atoms with Crippen molar-refractivity contribution in [3.8, 4) is 0 Å². The Balaban J connectivity index is 2.00. The molecule has 0 amide bonds. The molecular formula is C28H56O2. The Morgan fingerprint density at radius 3 is 1.13 bits per heavy atom.